The first-order valence-electron chi connectivity index (χ1n) is 30.9. The zero-order valence-corrected chi connectivity index (χ0v) is 56.1. The number of likely N-dealkylation sites (N-methyl/N-ethyl adjacent to an activating group) is 7. The third-order valence-electron chi connectivity index (χ3n) is 16.7. The molecule has 91 heavy (non-hydrogen) atoms. The molecule has 1 aliphatic heterocycles. The lowest BCUT2D eigenvalue weighted by Gasteiger charge is -2.37. The third kappa shape index (κ3) is 22.1. The first-order valence-corrected chi connectivity index (χ1v) is 31.2. The van der Waals surface area contributed by atoms with Gasteiger partial charge >= 0.3 is 0 Å². The minimum atomic E-state index is -1.52. The third-order valence-corrected chi connectivity index (χ3v) is 16.9. The average molecular weight is 1290 g/mol. The Morgan fingerprint density at radius 3 is 1.67 bits per heavy atom. The number of carbonyl (C=O) groups is 11. The molecule has 0 spiro atoms. The van der Waals surface area contributed by atoms with Crippen molar-refractivity contribution in [3.05, 3.63) is 106 Å². The minimum absolute atomic E-state index is 0.00664. The lowest BCUT2D eigenvalue weighted by Crippen LogP contribution is -2.60. The molecule has 0 aromatic heterocycles. The number of nitrogens with zero attached hydrogens (tertiary/aromatic N) is 7. The predicted molar refractivity (Wildman–Crippen MR) is 341 cm³/mol. The molecule has 4 rings (SSSR count). The van der Waals surface area contributed by atoms with Crippen molar-refractivity contribution in [3.8, 4) is 0 Å². The summed E-state index contributed by atoms with van der Waals surface area (Å²) in [6.45, 7) is 12.2. The summed E-state index contributed by atoms with van der Waals surface area (Å²) in [5.74, 6) is -10.3. The van der Waals surface area contributed by atoms with Gasteiger partial charge in [0.25, 0.3) is 0 Å². The standard InChI is InChI=1S/C66H94ClF2N11O11/c1-16-41(6)59-66(91)76(11)37-57(83)74(9)38-58(84)78(13)53(34-45-22-26-47(67)27-23-45)64(89)75(10)36-55(81)71-50(29-25-46-24-28-48(68)35-49(46)69)61(86)72-51(30-39(2)3)63(88)80(15)54(33-44-20-18-17-19-21-44)65(90)79(14)52(31-40(4)5)62(87)70-42(7)32-56(82)77(12)43(8)60(85)73-59/h17-24,26-28,35,39-43,50-54,59H,16,25,29-34,36-38H2,1-15H3,(H,70,87)(H,71,81)(H,72,86)(H,73,85)/t41-,42+,43-,50-,51-,52-,53-,54+,59-/m0/s1. The molecule has 3 aromatic carbocycles. The van der Waals surface area contributed by atoms with Crippen molar-refractivity contribution in [3.63, 3.8) is 0 Å². The molecule has 500 valence electrons. The minimum Gasteiger partial charge on any atom is -0.351 e. The number of carbonyl (C=O) groups excluding carboxylic acids is 11. The van der Waals surface area contributed by atoms with Crippen LogP contribution in [-0.4, -0.2) is 217 Å². The van der Waals surface area contributed by atoms with E-state index < -0.39 is 151 Å². The highest BCUT2D eigenvalue weighted by atomic mass is 35.5. The van der Waals surface area contributed by atoms with E-state index in [9.17, 15) is 47.5 Å². The van der Waals surface area contributed by atoms with Crippen LogP contribution in [0, 0.1) is 29.4 Å². The van der Waals surface area contributed by atoms with E-state index in [0.29, 0.717) is 28.6 Å². The zero-order chi connectivity index (χ0) is 68.3. The van der Waals surface area contributed by atoms with Gasteiger partial charge in [-0.1, -0.05) is 108 Å². The van der Waals surface area contributed by atoms with E-state index in [1.54, 1.807) is 68.4 Å². The fraction of sp³-hybridized carbons (Fsp3) is 0.561. The fourth-order valence-electron chi connectivity index (χ4n) is 10.5. The van der Waals surface area contributed by atoms with Crippen LogP contribution in [-0.2, 0) is 72.0 Å². The Kier molecular flexibility index (Phi) is 29.0. The van der Waals surface area contributed by atoms with E-state index in [0.717, 1.165) is 25.7 Å². The van der Waals surface area contributed by atoms with Gasteiger partial charge in [-0.2, -0.15) is 0 Å². The number of hydrogen-bond acceptors (Lipinski definition) is 11. The Bertz CT molecular complexity index is 3050. The van der Waals surface area contributed by atoms with Crippen LogP contribution in [0.2, 0.25) is 5.02 Å². The fourth-order valence-corrected chi connectivity index (χ4v) is 10.7. The highest BCUT2D eigenvalue weighted by molar-refractivity contribution is 6.30. The topological polar surface area (TPSA) is 259 Å². The monoisotopic (exact) mass is 1290 g/mol. The van der Waals surface area contributed by atoms with E-state index in [2.05, 4.69) is 21.3 Å². The van der Waals surface area contributed by atoms with Gasteiger partial charge in [-0.15, -0.1) is 0 Å². The summed E-state index contributed by atoms with van der Waals surface area (Å²) in [7, 11) is 9.63. The molecular weight excluding hydrogens is 1200 g/mol. The zero-order valence-electron chi connectivity index (χ0n) is 55.3. The van der Waals surface area contributed by atoms with Crippen LogP contribution < -0.4 is 21.3 Å². The van der Waals surface area contributed by atoms with Gasteiger partial charge in [0.2, 0.25) is 65.0 Å². The van der Waals surface area contributed by atoms with Crippen LogP contribution in [0.1, 0.15) is 104 Å². The van der Waals surface area contributed by atoms with E-state index in [-0.39, 0.29) is 62.3 Å². The molecule has 1 aliphatic rings. The van der Waals surface area contributed by atoms with Crippen molar-refractivity contribution in [2.75, 3.05) is 69.0 Å². The molecule has 0 radical (unpaired) electrons. The van der Waals surface area contributed by atoms with Crippen LogP contribution in [0.4, 0.5) is 8.78 Å². The smallest absolute Gasteiger partial charge is 0.246 e. The average Bonchev–Trinajstić information content (AvgIpc) is 1.67. The molecule has 11 amide bonds. The number of amides is 11. The highest BCUT2D eigenvalue weighted by Crippen LogP contribution is 2.22. The van der Waals surface area contributed by atoms with Crippen molar-refractivity contribution < 1.29 is 61.5 Å². The molecular formula is C66H94ClF2N11O11. The molecule has 0 bridgehead atoms. The van der Waals surface area contributed by atoms with Crippen molar-refractivity contribution >= 4 is 76.6 Å². The van der Waals surface area contributed by atoms with E-state index in [1.165, 1.54) is 77.0 Å². The summed E-state index contributed by atoms with van der Waals surface area (Å²) in [6.07, 6.45) is -0.315. The van der Waals surface area contributed by atoms with Crippen molar-refractivity contribution in [2.24, 2.45) is 17.8 Å². The Balaban J connectivity index is 1.85. The maximum Gasteiger partial charge on any atom is 0.246 e. The first kappa shape index (κ1) is 75.4. The first-order chi connectivity index (χ1) is 42.6. The van der Waals surface area contributed by atoms with Gasteiger partial charge in [-0.05, 0) is 92.2 Å². The molecule has 1 heterocycles. The lowest BCUT2D eigenvalue weighted by atomic mass is 9.97. The second-order valence-electron chi connectivity index (χ2n) is 25.0. The van der Waals surface area contributed by atoms with Gasteiger partial charge in [-0.25, -0.2) is 8.78 Å². The van der Waals surface area contributed by atoms with Gasteiger partial charge in [0.05, 0.1) is 19.6 Å². The van der Waals surface area contributed by atoms with Crippen LogP contribution in [0.5, 0.6) is 0 Å². The molecule has 1 saturated heterocycles. The maximum absolute atomic E-state index is 15.2. The maximum atomic E-state index is 15.2. The highest BCUT2D eigenvalue weighted by Gasteiger charge is 2.40. The number of benzene rings is 3. The Labute approximate surface area is 539 Å². The quantitative estimate of drug-likeness (QED) is 0.188. The number of nitrogens with one attached hydrogen (secondary N) is 4. The molecule has 4 N–H and O–H groups in total. The van der Waals surface area contributed by atoms with Crippen LogP contribution in [0.25, 0.3) is 0 Å². The number of rotatable bonds is 13. The molecule has 3 aromatic rings. The van der Waals surface area contributed by atoms with Gasteiger partial charge in [0.15, 0.2) is 0 Å². The second-order valence-corrected chi connectivity index (χ2v) is 25.4. The Morgan fingerprint density at radius 1 is 0.527 bits per heavy atom. The van der Waals surface area contributed by atoms with Crippen LogP contribution >= 0.6 is 11.6 Å². The second kappa shape index (κ2) is 35.0. The van der Waals surface area contributed by atoms with E-state index in [4.69, 9.17) is 11.6 Å². The summed E-state index contributed by atoms with van der Waals surface area (Å²) in [5.41, 5.74) is 1.23. The number of hydrogen-bond donors (Lipinski definition) is 4. The van der Waals surface area contributed by atoms with Gasteiger partial charge in [0.1, 0.15) is 53.9 Å². The summed E-state index contributed by atoms with van der Waals surface area (Å²) in [5, 5.41) is 11.5. The Morgan fingerprint density at radius 2 is 1.09 bits per heavy atom. The van der Waals surface area contributed by atoms with Gasteiger partial charge in [-0.3, -0.25) is 52.7 Å². The van der Waals surface area contributed by atoms with Crippen molar-refractivity contribution in [1.82, 2.24) is 55.6 Å². The number of aryl methyl sites for hydroxylation is 1. The van der Waals surface area contributed by atoms with E-state index >= 15 is 14.0 Å². The summed E-state index contributed by atoms with van der Waals surface area (Å²) in [4.78, 5) is 167. The van der Waals surface area contributed by atoms with Gasteiger partial charge < -0.3 is 55.6 Å². The van der Waals surface area contributed by atoms with Crippen LogP contribution in [0.15, 0.2) is 72.8 Å². The van der Waals surface area contributed by atoms with Crippen LogP contribution in [0.3, 0.4) is 0 Å². The molecule has 9 atom stereocenters. The molecule has 22 nitrogen and oxygen atoms in total. The lowest BCUT2D eigenvalue weighted by molar-refractivity contribution is -0.149. The summed E-state index contributed by atoms with van der Waals surface area (Å²) < 4.78 is 29.3. The molecule has 1 fully saturated rings. The summed E-state index contributed by atoms with van der Waals surface area (Å²) >= 11 is 6.20. The van der Waals surface area contributed by atoms with Crippen molar-refractivity contribution in [1.29, 1.82) is 0 Å². The largest absolute Gasteiger partial charge is 0.351 e. The molecule has 0 unspecified atom stereocenters. The SMILES string of the molecule is CC[C@H](C)[C@@H]1NC(=O)[C@H](C)N(C)C(=O)C[C@@H](C)NC(=O)[C@H](CC(C)C)N(C)C(=O)[C@@H](Cc2ccccc2)N(C)C(=O)[C@H](CC(C)C)NC(=O)[C@H](CCc2ccc(F)cc2F)NC(=O)CN(C)C(=O)[C@H](Cc2ccc(Cl)cc2)N(C)C(=O)CN(C)C(=O)CN(C)C1=O. The van der Waals surface area contributed by atoms with Gasteiger partial charge in [0, 0.05) is 85.7 Å². The van der Waals surface area contributed by atoms with E-state index in [1.807, 2.05) is 34.6 Å². The number of halogens is 3. The molecule has 0 saturated carbocycles. The molecule has 25 heteroatoms. The Hall–Kier alpha value is -8.02. The summed E-state index contributed by atoms with van der Waals surface area (Å²) in [6, 6.07) is 8.56. The molecule has 0 aliphatic carbocycles. The van der Waals surface area contributed by atoms with Crippen molar-refractivity contribution in [2.45, 2.75) is 155 Å². The normalized spacial score (nSPS) is 23.6. The predicted octanol–water partition coefficient (Wildman–Crippen LogP) is 4.24.